The molecule has 0 saturated carbocycles. The predicted octanol–water partition coefficient (Wildman–Crippen LogP) is 1.66. The zero-order valence-corrected chi connectivity index (χ0v) is 14.6. The summed E-state index contributed by atoms with van der Waals surface area (Å²) in [7, 11) is 1.62. The predicted molar refractivity (Wildman–Crippen MR) is 95.6 cm³/mol. The van der Waals surface area contributed by atoms with Gasteiger partial charge >= 0.3 is 6.03 Å². The van der Waals surface area contributed by atoms with Gasteiger partial charge in [-0.15, -0.1) is 0 Å². The fourth-order valence-corrected chi connectivity index (χ4v) is 3.36. The van der Waals surface area contributed by atoms with E-state index in [0.29, 0.717) is 15.8 Å². The zero-order chi connectivity index (χ0) is 17.6. The van der Waals surface area contributed by atoms with Crippen LogP contribution in [0.15, 0.2) is 24.5 Å². The second-order valence-corrected chi connectivity index (χ2v) is 6.79. The summed E-state index contributed by atoms with van der Waals surface area (Å²) in [5, 5.41) is 18.2. The number of nitrogens with one attached hydrogen (secondary N) is 3. The summed E-state index contributed by atoms with van der Waals surface area (Å²) in [6.45, 7) is 2.57. The van der Waals surface area contributed by atoms with Crippen molar-refractivity contribution < 1.29 is 4.79 Å². The summed E-state index contributed by atoms with van der Waals surface area (Å²) in [4.78, 5) is 22.7. The number of nitriles is 1. The van der Waals surface area contributed by atoms with Crippen LogP contribution in [0.3, 0.4) is 0 Å². The van der Waals surface area contributed by atoms with Gasteiger partial charge in [0.25, 0.3) is 0 Å². The first-order chi connectivity index (χ1) is 12.2. The van der Waals surface area contributed by atoms with E-state index >= 15 is 0 Å². The second kappa shape index (κ2) is 7.92. The first-order valence-corrected chi connectivity index (χ1v) is 8.76. The lowest BCUT2D eigenvalue weighted by Crippen LogP contribution is -2.41. The van der Waals surface area contributed by atoms with Gasteiger partial charge in [-0.05, 0) is 24.1 Å². The molecule has 130 valence electrons. The molecule has 2 amide bonds. The smallest absolute Gasteiger partial charge is 0.314 e. The Kier molecular flexibility index (Phi) is 5.42. The third kappa shape index (κ3) is 4.65. The Labute approximate surface area is 149 Å². The van der Waals surface area contributed by atoms with Crippen molar-refractivity contribution in [2.75, 3.05) is 25.5 Å². The highest BCUT2D eigenvalue weighted by Crippen LogP contribution is 2.22. The van der Waals surface area contributed by atoms with Crippen LogP contribution in [0.5, 0.6) is 0 Å². The summed E-state index contributed by atoms with van der Waals surface area (Å²) in [6.07, 6.45) is 4.24. The van der Waals surface area contributed by atoms with Crippen LogP contribution in [-0.2, 0) is 6.54 Å². The maximum absolute atomic E-state index is 11.4. The minimum absolute atomic E-state index is 0.137. The van der Waals surface area contributed by atoms with Crippen molar-refractivity contribution in [2.24, 2.45) is 0 Å². The van der Waals surface area contributed by atoms with Crippen molar-refractivity contribution in [2.45, 2.75) is 19.0 Å². The van der Waals surface area contributed by atoms with Crippen molar-refractivity contribution in [3.63, 3.8) is 0 Å². The Morgan fingerprint density at radius 2 is 2.40 bits per heavy atom. The van der Waals surface area contributed by atoms with Crippen LogP contribution in [0.4, 0.5) is 15.7 Å². The molecule has 0 radical (unpaired) electrons. The molecule has 1 saturated heterocycles. The average Bonchev–Trinajstić information content (AvgIpc) is 3.24. The summed E-state index contributed by atoms with van der Waals surface area (Å²) in [6, 6.07) is 6.07. The monoisotopic (exact) mass is 357 g/mol. The molecule has 8 nitrogen and oxygen atoms in total. The van der Waals surface area contributed by atoms with Crippen molar-refractivity contribution >= 4 is 28.3 Å². The molecule has 2 aromatic rings. The molecule has 25 heavy (non-hydrogen) atoms. The molecule has 1 atom stereocenters. The maximum Gasteiger partial charge on any atom is 0.314 e. The molecule has 0 aromatic carbocycles. The molecule has 1 fully saturated rings. The number of amides is 2. The summed E-state index contributed by atoms with van der Waals surface area (Å²) in [5.74, 6) is 0.704. The van der Waals surface area contributed by atoms with E-state index in [-0.39, 0.29) is 12.1 Å². The topological polar surface area (TPSA) is 106 Å². The van der Waals surface area contributed by atoms with E-state index in [9.17, 15) is 4.79 Å². The van der Waals surface area contributed by atoms with E-state index in [1.54, 1.807) is 19.4 Å². The lowest BCUT2D eigenvalue weighted by molar-refractivity contribution is 0.238. The van der Waals surface area contributed by atoms with Gasteiger partial charge in [0.05, 0.1) is 6.20 Å². The molecule has 0 unspecified atom stereocenters. The molecule has 9 heteroatoms. The lowest BCUT2D eigenvalue weighted by atomic mass is 10.2. The van der Waals surface area contributed by atoms with E-state index < -0.39 is 0 Å². The van der Waals surface area contributed by atoms with E-state index in [2.05, 4.69) is 36.9 Å². The van der Waals surface area contributed by atoms with Gasteiger partial charge in [-0.25, -0.2) is 14.8 Å². The molecule has 2 aromatic heterocycles. The fourth-order valence-electron chi connectivity index (χ4n) is 2.74. The first-order valence-electron chi connectivity index (χ1n) is 7.95. The molecule has 0 bridgehead atoms. The minimum Gasteiger partial charge on any atom is -0.341 e. The van der Waals surface area contributed by atoms with Crippen molar-refractivity contribution in [1.29, 1.82) is 5.26 Å². The van der Waals surface area contributed by atoms with Crippen LogP contribution in [0.2, 0.25) is 0 Å². The number of aromatic nitrogens is 2. The molecule has 3 rings (SSSR count). The molecule has 1 aliphatic rings. The number of urea groups is 1. The Balaban J connectivity index is 1.57. The molecule has 0 spiro atoms. The van der Waals surface area contributed by atoms with Crippen LogP contribution in [0, 0.1) is 11.3 Å². The number of hydrogen-bond donors (Lipinski definition) is 3. The van der Waals surface area contributed by atoms with E-state index in [1.807, 2.05) is 12.1 Å². The van der Waals surface area contributed by atoms with Crippen molar-refractivity contribution in [1.82, 2.24) is 25.5 Å². The number of nitrogens with zero attached hydrogens (tertiary/aromatic N) is 4. The Morgan fingerprint density at radius 3 is 3.16 bits per heavy atom. The van der Waals surface area contributed by atoms with Crippen LogP contribution in [0.25, 0.3) is 0 Å². The minimum atomic E-state index is -0.137. The number of thiazole rings is 1. The number of carbonyl (C=O) groups excluding carboxylic acids is 1. The Hall–Kier alpha value is -2.70. The molecule has 3 N–H and O–H groups in total. The summed E-state index contributed by atoms with van der Waals surface area (Å²) in [5.41, 5.74) is 1.13. The van der Waals surface area contributed by atoms with Gasteiger partial charge in [-0.1, -0.05) is 11.3 Å². The normalized spacial score (nSPS) is 17.0. The van der Waals surface area contributed by atoms with E-state index in [4.69, 9.17) is 5.26 Å². The van der Waals surface area contributed by atoms with Gasteiger partial charge in [0, 0.05) is 38.9 Å². The van der Waals surface area contributed by atoms with E-state index in [1.165, 1.54) is 11.3 Å². The summed E-state index contributed by atoms with van der Waals surface area (Å²) < 4.78 is 0. The van der Waals surface area contributed by atoms with Gasteiger partial charge in [0.1, 0.15) is 16.8 Å². The van der Waals surface area contributed by atoms with Crippen LogP contribution in [-0.4, -0.2) is 47.1 Å². The van der Waals surface area contributed by atoms with Gasteiger partial charge < -0.3 is 16.0 Å². The maximum atomic E-state index is 11.4. The highest BCUT2D eigenvalue weighted by atomic mass is 32.1. The molecular formula is C16H19N7OS. The third-order valence-corrected chi connectivity index (χ3v) is 4.73. The lowest BCUT2D eigenvalue weighted by Gasteiger charge is -2.17. The van der Waals surface area contributed by atoms with Gasteiger partial charge in [0.2, 0.25) is 0 Å². The molecule has 1 aliphatic heterocycles. The quantitative estimate of drug-likeness (QED) is 0.751. The second-order valence-electron chi connectivity index (χ2n) is 5.76. The molecule has 0 aliphatic carbocycles. The van der Waals surface area contributed by atoms with E-state index in [0.717, 1.165) is 31.6 Å². The highest BCUT2D eigenvalue weighted by Gasteiger charge is 2.23. The fraction of sp³-hybridized carbons (Fsp3) is 0.375. The number of likely N-dealkylation sites (tertiary alicyclic amines) is 1. The molecular weight excluding hydrogens is 338 g/mol. The number of hydrogen-bond acceptors (Lipinski definition) is 7. The number of carbonyl (C=O) groups is 1. The first kappa shape index (κ1) is 17.1. The Bertz CT molecular complexity index is 785. The van der Waals surface area contributed by atoms with Gasteiger partial charge in [-0.3, -0.25) is 4.90 Å². The number of rotatable bonds is 5. The summed E-state index contributed by atoms with van der Waals surface area (Å²) >= 11 is 1.29. The highest BCUT2D eigenvalue weighted by molar-refractivity contribution is 7.16. The zero-order valence-electron chi connectivity index (χ0n) is 13.8. The third-order valence-electron chi connectivity index (χ3n) is 3.92. The number of anilines is 2. The largest absolute Gasteiger partial charge is 0.341 e. The van der Waals surface area contributed by atoms with Crippen LogP contribution < -0.4 is 16.0 Å². The van der Waals surface area contributed by atoms with Gasteiger partial charge in [0.15, 0.2) is 5.13 Å². The number of pyridine rings is 1. The standard InChI is InChI=1S/C16H19N7OS/c1-18-15(24)21-12-3-5-23(10-12)9-11-2-4-19-14(6-11)22-16-20-8-13(7-17)25-16/h2,4,6,8,12H,3,5,9-10H2,1H3,(H2,18,21,24)(H,19,20,22)/t12-/m1/s1. The average molecular weight is 357 g/mol. The van der Waals surface area contributed by atoms with Gasteiger partial charge in [-0.2, -0.15) is 5.26 Å². The van der Waals surface area contributed by atoms with Crippen LogP contribution in [0.1, 0.15) is 16.9 Å². The van der Waals surface area contributed by atoms with Crippen LogP contribution >= 0.6 is 11.3 Å². The van der Waals surface area contributed by atoms with Crippen molar-refractivity contribution in [3.8, 4) is 6.07 Å². The molecule has 3 heterocycles. The SMILES string of the molecule is CNC(=O)N[C@@H]1CCN(Cc2ccnc(Nc3ncc(C#N)s3)c2)C1. The Morgan fingerprint density at radius 1 is 1.52 bits per heavy atom. The van der Waals surface area contributed by atoms with Crippen molar-refractivity contribution in [3.05, 3.63) is 35.0 Å².